The van der Waals surface area contributed by atoms with E-state index in [0.29, 0.717) is 23.3 Å². The van der Waals surface area contributed by atoms with Crippen molar-refractivity contribution in [2.45, 2.75) is 13.8 Å². The summed E-state index contributed by atoms with van der Waals surface area (Å²) in [5, 5.41) is 11.3. The van der Waals surface area contributed by atoms with E-state index in [4.69, 9.17) is 24.9 Å². The lowest BCUT2D eigenvalue weighted by Gasteiger charge is -2.18. The maximum atomic E-state index is 5.38. The molecule has 9 aromatic carbocycles. The number of hydrogen-bond donors (Lipinski definition) is 0. The zero-order valence-electron chi connectivity index (χ0n) is 32.1. The summed E-state index contributed by atoms with van der Waals surface area (Å²) in [6.07, 6.45) is 3.61. The Kier molecular flexibility index (Phi) is 8.88. The topological polar surface area (TPSA) is 64.5 Å². The normalized spacial score (nSPS) is 11.3. The minimum Gasteiger partial charge on any atom is -0.237 e. The molecule has 0 saturated heterocycles. The number of aromatic nitrogens is 5. The summed E-state index contributed by atoms with van der Waals surface area (Å²) < 4.78 is 0. The molecule has 0 saturated carbocycles. The van der Waals surface area contributed by atoms with E-state index in [1.807, 2.05) is 44.2 Å². The molecule has 0 atom stereocenters. The fourth-order valence-electron chi connectivity index (χ4n) is 8.28. The summed E-state index contributed by atoms with van der Waals surface area (Å²) in [5.41, 5.74) is 6.00. The van der Waals surface area contributed by atoms with Crippen molar-refractivity contribution in [3.63, 3.8) is 0 Å². The number of fused-ring (bicyclic) bond motifs is 8. The Bertz CT molecular complexity index is 3260. The first-order chi connectivity index (χ1) is 28.8. The van der Waals surface area contributed by atoms with Gasteiger partial charge in [-0.25, -0.2) is 24.9 Å². The summed E-state index contributed by atoms with van der Waals surface area (Å²) >= 11 is 0. The molecule has 0 unspecified atom stereocenters. The van der Waals surface area contributed by atoms with Crippen molar-refractivity contribution < 1.29 is 0 Å². The smallest absolute Gasteiger partial charge is 0.165 e. The average Bonchev–Trinajstić information content (AvgIpc) is 3.32. The predicted octanol–water partition coefficient (Wildman–Crippen LogP) is 13.8. The second-order valence-corrected chi connectivity index (χ2v) is 14.0. The van der Waals surface area contributed by atoms with Crippen LogP contribution in [0.3, 0.4) is 0 Å². The van der Waals surface area contributed by atoms with Crippen molar-refractivity contribution in [2.75, 3.05) is 0 Å². The Morgan fingerprint density at radius 1 is 0.259 bits per heavy atom. The third-order valence-corrected chi connectivity index (χ3v) is 10.8. The highest BCUT2D eigenvalue weighted by atomic mass is 15.0. The third kappa shape index (κ3) is 5.92. The molecule has 0 amide bonds. The van der Waals surface area contributed by atoms with Gasteiger partial charge in [-0.15, -0.1) is 0 Å². The van der Waals surface area contributed by atoms with Gasteiger partial charge in [0.15, 0.2) is 23.3 Å². The van der Waals surface area contributed by atoms with Gasteiger partial charge in [0.1, 0.15) is 0 Å². The molecule has 58 heavy (non-hydrogen) atoms. The lowest BCUT2D eigenvalue weighted by molar-refractivity contribution is 1.08. The van der Waals surface area contributed by atoms with Gasteiger partial charge in [-0.3, -0.25) is 0 Å². The second kappa shape index (κ2) is 14.8. The van der Waals surface area contributed by atoms with Crippen LogP contribution in [0.25, 0.3) is 111 Å². The van der Waals surface area contributed by atoms with Gasteiger partial charge in [0.05, 0.1) is 0 Å². The summed E-state index contributed by atoms with van der Waals surface area (Å²) in [5.74, 6) is 2.50. The lowest BCUT2D eigenvalue weighted by atomic mass is 9.89. The molecule has 5 heteroatoms. The maximum absolute atomic E-state index is 5.38. The zero-order valence-corrected chi connectivity index (χ0v) is 32.1. The first-order valence-electron chi connectivity index (χ1n) is 19.8. The number of hydrogen-bond acceptors (Lipinski definition) is 5. The molecule has 0 N–H and O–H groups in total. The molecule has 0 aliphatic carbocycles. The van der Waals surface area contributed by atoms with Crippen LogP contribution in [0.15, 0.2) is 188 Å². The minimum absolute atomic E-state index is 0.603. The first kappa shape index (κ1) is 34.8. The third-order valence-electron chi connectivity index (χ3n) is 10.8. The SMILES string of the molecule is CC.c1ccc(-c2ccc3c(-c4nc(-c5ccccc5)nc(-c5ccc6c7ccccc7c7ccccc7c6c5)n4)c4ccccc4c(-c4ncccn4)c3c2)cc1. The van der Waals surface area contributed by atoms with E-state index in [0.717, 1.165) is 60.3 Å². The van der Waals surface area contributed by atoms with Crippen molar-refractivity contribution in [3.8, 4) is 56.7 Å². The zero-order chi connectivity index (χ0) is 39.0. The summed E-state index contributed by atoms with van der Waals surface area (Å²) in [6.45, 7) is 4.00. The fraction of sp³-hybridized carbons (Fsp3) is 0.0377. The Hall–Kier alpha value is -7.63. The van der Waals surface area contributed by atoms with E-state index in [9.17, 15) is 0 Å². The van der Waals surface area contributed by atoms with Crippen molar-refractivity contribution in [3.05, 3.63) is 188 Å². The van der Waals surface area contributed by atoms with Crippen LogP contribution < -0.4 is 0 Å². The molecule has 11 rings (SSSR count). The molecule has 0 fully saturated rings. The molecule has 2 heterocycles. The first-order valence-corrected chi connectivity index (χ1v) is 19.8. The van der Waals surface area contributed by atoms with E-state index in [1.54, 1.807) is 12.4 Å². The van der Waals surface area contributed by atoms with E-state index >= 15 is 0 Å². The van der Waals surface area contributed by atoms with Gasteiger partial charge >= 0.3 is 0 Å². The summed E-state index contributed by atoms with van der Waals surface area (Å²) in [4.78, 5) is 25.4. The minimum atomic E-state index is 0.603. The number of benzene rings is 9. The largest absolute Gasteiger partial charge is 0.237 e. The van der Waals surface area contributed by atoms with E-state index < -0.39 is 0 Å². The van der Waals surface area contributed by atoms with Crippen molar-refractivity contribution in [1.29, 1.82) is 0 Å². The Balaban J connectivity index is 0.00000201. The van der Waals surface area contributed by atoms with E-state index in [2.05, 4.69) is 146 Å². The molecule has 0 radical (unpaired) electrons. The molecule has 0 bridgehead atoms. The van der Waals surface area contributed by atoms with Gasteiger partial charge in [-0.1, -0.05) is 172 Å². The van der Waals surface area contributed by atoms with Crippen LogP contribution in [-0.4, -0.2) is 24.9 Å². The molecule has 274 valence electrons. The summed E-state index contributed by atoms with van der Waals surface area (Å²) in [6, 6.07) is 61.5. The average molecular weight is 744 g/mol. The Morgan fingerprint density at radius 2 is 0.655 bits per heavy atom. The van der Waals surface area contributed by atoms with Gasteiger partial charge < -0.3 is 0 Å². The molecule has 2 aromatic heterocycles. The van der Waals surface area contributed by atoms with Crippen LogP contribution in [0.1, 0.15) is 13.8 Å². The van der Waals surface area contributed by atoms with Crippen molar-refractivity contribution in [1.82, 2.24) is 24.9 Å². The lowest BCUT2D eigenvalue weighted by Crippen LogP contribution is -2.02. The highest BCUT2D eigenvalue weighted by molar-refractivity contribution is 6.26. The molecule has 11 aromatic rings. The molecular formula is C53H37N5. The second-order valence-electron chi connectivity index (χ2n) is 14.0. The highest BCUT2D eigenvalue weighted by Crippen LogP contribution is 2.44. The number of rotatable bonds is 5. The molecule has 0 aliphatic heterocycles. The van der Waals surface area contributed by atoms with Crippen molar-refractivity contribution >= 4 is 53.9 Å². The van der Waals surface area contributed by atoms with Crippen LogP contribution in [-0.2, 0) is 0 Å². The van der Waals surface area contributed by atoms with Gasteiger partial charge in [0, 0.05) is 34.6 Å². The van der Waals surface area contributed by atoms with Crippen molar-refractivity contribution in [2.24, 2.45) is 0 Å². The fourth-order valence-corrected chi connectivity index (χ4v) is 8.28. The molecule has 0 spiro atoms. The summed E-state index contributed by atoms with van der Waals surface area (Å²) in [7, 11) is 0. The Labute approximate surface area is 336 Å². The van der Waals surface area contributed by atoms with Gasteiger partial charge in [-0.2, -0.15) is 0 Å². The van der Waals surface area contributed by atoms with Crippen LogP contribution in [0, 0.1) is 0 Å². The highest BCUT2D eigenvalue weighted by Gasteiger charge is 2.22. The maximum Gasteiger partial charge on any atom is 0.165 e. The van der Waals surface area contributed by atoms with E-state index in [-0.39, 0.29) is 0 Å². The quantitative estimate of drug-likeness (QED) is 0.130. The van der Waals surface area contributed by atoms with Crippen LogP contribution in [0.4, 0.5) is 0 Å². The Morgan fingerprint density at radius 3 is 1.26 bits per heavy atom. The number of nitrogens with zero attached hydrogens (tertiary/aromatic N) is 5. The standard InChI is InChI=1S/C51H31N5.C2H6/c1-3-14-32(15-4-1)34-24-27-43-45(30-34)47(50-52-28-13-29-53-50)42-23-12-11-22-41(42)46(43)51-55-48(33-16-5-2-6-17-33)54-49(56-51)35-25-26-40-38-20-8-7-18-36(38)37-19-9-10-21-39(37)44(40)31-35;1-2/h1-31H;1-2H3. The monoisotopic (exact) mass is 743 g/mol. The van der Waals surface area contributed by atoms with E-state index in [1.165, 1.54) is 26.9 Å². The molecular weight excluding hydrogens is 707 g/mol. The van der Waals surface area contributed by atoms with Gasteiger partial charge in [-0.05, 0) is 83.2 Å². The van der Waals surface area contributed by atoms with Gasteiger partial charge in [0.25, 0.3) is 0 Å². The van der Waals surface area contributed by atoms with Crippen LogP contribution in [0.5, 0.6) is 0 Å². The van der Waals surface area contributed by atoms with Gasteiger partial charge in [0.2, 0.25) is 0 Å². The van der Waals surface area contributed by atoms with Crippen LogP contribution >= 0.6 is 0 Å². The van der Waals surface area contributed by atoms with Crippen LogP contribution in [0.2, 0.25) is 0 Å². The predicted molar refractivity (Wildman–Crippen MR) is 241 cm³/mol. The molecule has 5 nitrogen and oxygen atoms in total. The molecule has 0 aliphatic rings.